The van der Waals surface area contributed by atoms with Crippen molar-refractivity contribution in [3.63, 3.8) is 0 Å². The molecule has 110 valence electrons. The van der Waals surface area contributed by atoms with Gasteiger partial charge in [0.05, 0.1) is 10.9 Å². The van der Waals surface area contributed by atoms with Crippen LogP contribution in [0.5, 0.6) is 0 Å². The Labute approximate surface area is 124 Å². The minimum Gasteiger partial charge on any atom is -0.389 e. The Morgan fingerprint density at radius 3 is 2.20 bits per heavy atom. The number of nitrogens with one attached hydrogen (secondary N) is 1. The van der Waals surface area contributed by atoms with Crippen molar-refractivity contribution >= 4 is 33.1 Å². The number of benzene rings is 1. The first-order valence-corrected chi connectivity index (χ1v) is 7.67. The highest BCUT2D eigenvalue weighted by Crippen LogP contribution is 2.11. The van der Waals surface area contributed by atoms with Crippen molar-refractivity contribution in [2.24, 2.45) is 5.73 Å². The predicted molar refractivity (Wildman–Crippen MR) is 80.8 cm³/mol. The van der Waals surface area contributed by atoms with E-state index in [1.165, 1.54) is 36.1 Å². The van der Waals surface area contributed by atoms with Gasteiger partial charge in [-0.25, -0.2) is 8.42 Å². The van der Waals surface area contributed by atoms with Crippen LogP contribution in [-0.2, 0) is 14.8 Å². The number of rotatable bonds is 5. The zero-order valence-corrected chi connectivity index (χ0v) is 13.1. The smallest absolute Gasteiger partial charge is 0.241 e. The average Bonchev–Trinajstić information content (AvgIpc) is 2.37. The number of carbonyl (C=O) groups excluding carboxylic acids is 1. The highest BCUT2D eigenvalue weighted by Gasteiger charge is 2.22. The molecule has 0 aliphatic rings. The summed E-state index contributed by atoms with van der Waals surface area (Å²) in [6.45, 7) is 1.49. The van der Waals surface area contributed by atoms with E-state index in [4.69, 9.17) is 18.0 Å². The van der Waals surface area contributed by atoms with Crippen LogP contribution in [0.15, 0.2) is 29.2 Å². The molecule has 1 aromatic rings. The molecule has 0 saturated heterocycles. The van der Waals surface area contributed by atoms with Crippen LogP contribution in [-0.4, -0.2) is 44.4 Å². The van der Waals surface area contributed by atoms with E-state index >= 15 is 0 Å². The fourth-order valence-electron chi connectivity index (χ4n) is 1.54. The number of sulfonamides is 1. The molecule has 1 amide bonds. The first-order chi connectivity index (χ1) is 9.15. The van der Waals surface area contributed by atoms with Gasteiger partial charge in [-0.15, -0.1) is 0 Å². The maximum Gasteiger partial charge on any atom is 0.241 e. The molecule has 0 bridgehead atoms. The zero-order chi connectivity index (χ0) is 15.5. The molecule has 6 nitrogen and oxygen atoms in total. The SMILES string of the molecule is CC(NS(=O)(=O)c1ccc(C(N)=S)cc1)C(=O)N(C)C. The lowest BCUT2D eigenvalue weighted by Gasteiger charge is -2.18. The quantitative estimate of drug-likeness (QED) is 0.751. The molecule has 0 fully saturated rings. The Morgan fingerprint density at radius 2 is 1.80 bits per heavy atom. The Kier molecular flexibility index (Phi) is 5.21. The lowest BCUT2D eigenvalue weighted by atomic mass is 10.2. The van der Waals surface area contributed by atoms with Crippen molar-refractivity contribution in [1.82, 2.24) is 9.62 Å². The normalized spacial score (nSPS) is 12.8. The zero-order valence-electron chi connectivity index (χ0n) is 11.5. The number of hydrogen-bond donors (Lipinski definition) is 2. The van der Waals surface area contributed by atoms with E-state index < -0.39 is 16.1 Å². The van der Waals surface area contributed by atoms with Gasteiger partial charge in [0.15, 0.2) is 0 Å². The number of likely N-dealkylation sites (N-methyl/N-ethyl adjacent to an activating group) is 1. The van der Waals surface area contributed by atoms with Crippen LogP contribution in [0.4, 0.5) is 0 Å². The molecule has 0 aliphatic heterocycles. The largest absolute Gasteiger partial charge is 0.389 e. The van der Waals surface area contributed by atoms with Gasteiger partial charge in [0, 0.05) is 19.7 Å². The van der Waals surface area contributed by atoms with Crippen LogP contribution in [0.1, 0.15) is 12.5 Å². The van der Waals surface area contributed by atoms with Crippen LogP contribution < -0.4 is 10.5 Å². The van der Waals surface area contributed by atoms with Gasteiger partial charge < -0.3 is 10.6 Å². The number of nitrogens with zero attached hydrogens (tertiary/aromatic N) is 1. The van der Waals surface area contributed by atoms with Crippen LogP contribution in [0.3, 0.4) is 0 Å². The summed E-state index contributed by atoms with van der Waals surface area (Å²) in [5.74, 6) is -0.326. The summed E-state index contributed by atoms with van der Waals surface area (Å²) in [6.07, 6.45) is 0. The Balaban J connectivity index is 2.94. The third-order valence-corrected chi connectivity index (χ3v) is 4.38. The Morgan fingerprint density at radius 1 is 1.30 bits per heavy atom. The summed E-state index contributed by atoms with van der Waals surface area (Å²) < 4.78 is 26.5. The second-order valence-electron chi connectivity index (χ2n) is 4.46. The van der Waals surface area contributed by atoms with Crippen LogP contribution in [0.25, 0.3) is 0 Å². The summed E-state index contributed by atoms with van der Waals surface area (Å²) in [7, 11) is -0.643. The maximum atomic E-state index is 12.1. The molecule has 0 radical (unpaired) electrons. The number of hydrogen-bond acceptors (Lipinski definition) is 4. The molecule has 0 aliphatic carbocycles. The van der Waals surface area contributed by atoms with E-state index in [9.17, 15) is 13.2 Å². The standard InChI is InChI=1S/C12H17N3O3S2/c1-8(12(16)15(2)3)14-20(17,18)10-6-4-9(5-7-10)11(13)19/h4-8,14H,1-3H3,(H2,13,19). The van der Waals surface area contributed by atoms with E-state index in [2.05, 4.69) is 4.72 Å². The molecule has 1 atom stereocenters. The minimum absolute atomic E-state index is 0.0518. The Bertz CT molecular complexity index is 609. The van der Waals surface area contributed by atoms with Crippen LogP contribution in [0.2, 0.25) is 0 Å². The summed E-state index contributed by atoms with van der Waals surface area (Å²) in [6, 6.07) is 4.99. The van der Waals surface area contributed by atoms with E-state index in [0.29, 0.717) is 5.56 Å². The third kappa shape index (κ3) is 3.99. The number of amides is 1. The first-order valence-electron chi connectivity index (χ1n) is 5.78. The predicted octanol–water partition coefficient (Wildman–Crippen LogP) is 0.0758. The average molecular weight is 315 g/mol. The van der Waals surface area contributed by atoms with Crippen molar-refractivity contribution in [2.45, 2.75) is 17.9 Å². The number of carbonyl (C=O) groups is 1. The van der Waals surface area contributed by atoms with E-state index in [-0.39, 0.29) is 15.8 Å². The lowest BCUT2D eigenvalue weighted by Crippen LogP contribution is -2.44. The van der Waals surface area contributed by atoms with E-state index in [1.54, 1.807) is 14.1 Å². The van der Waals surface area contributed by atoms with Crippen LogP contribution in [0, 0.1) is 0 Å². The molecule has 3 N–H and O–H groups in total. The van der Waals surface area contributed by atoms with Crippen molar-refractivity contribution in [3.05, 3.63) is 29.8 Å². The summed E-state index contributed by atoms with van der Waals surface area (Å²) in [4.78, 5) is 13.2. The number of thiocarbonyl (C=S) groups is 1. The summed E-state index contributed by atoms with van der Waals surface area (Å²) >= 11 is 4.79. The first kappa shape index (κ1) is 16.5. The maximum absolute atomic E-state index is 12.1. The van der Waals surface area contributed by atoms with Gasteiger partial charge in [-0.3, -0.25) is 4.79 Å². The van der Waals surface area contributed by atoms with Crippen molar-refractivity contribution in [3.8, 4) is 0 Å². The topological polar surface area (TPSA) is 92.5 Å². The Hall–Kier alpha value is -1.51. The molecular formula is C12H17N3O3S2. The molecule has 0 aromatic heterocycles. The van der Waals surface area contributed by atoms with Gasteiger partial charge in [0.2, 0.25) is 15.9 Å². The van der Waals surface area contributed by atoms with E-state index in [1.807, 2.05) is 0 Å². The fourth-order valence-corrected chi connectivity index (χ4v) is 2.87. The second-order valence-corrected chi connectivity index (χ2v) is 6.62. The minimum atomic E-state index is -3.76. The van der Waals surface area contributed by atoms with Crippen LogP contribution >= 0.6 is 12.2 Å². The number of nitrogens with two attached hydrogens (primary N) is 1. The molecule has 0 heterocycles. The summed E-state index contributed by atoms with van der Waals surface area (Å²) in [5, 5.41) is 0. The molecule has 8 heteroatoms. The monoisotopic (exact) mass is 315 g/mol. The highest BCUT2D eigenvalue weighted by atomic mass is 32.2. The molecule has 1 aromatic carbocycles. The van der Waals surface area contributed by atoms with Crippen molar-refractivity contribution < 1.29 is 13.2 Å². The lowest BCUT2D eigenvalue weighted by molar-refractivity contribution is -0.130. The van der Waals surface area contributed by atoms with Gasteiger partial charge in [0.25, 0.3) is 0 Å². The second kappa shape index (κ2) is 6.29. The van der Waals surface area contributed by atoms with Gasteiger partial charge in [-0.05, 0) is 19.1 Å². The summed E-state index contributed by atoms with van der Waals surface area (Å²) in [5.41, 5.74) is 6.02. The molecular weight excluding hydrogens is 298 g/mol. The van der Waals surface area contributed by atoms with Crippen molar-refractivity contribution in [1.29, 1.82) is 0 Å². The van der Waals surface area contributed by atoms with Gasteiger partial charge >= 0.3 is 0 Å². The molecule has 20 heavy (non-hydrogen) atoms. The van der Waals surface area contributed by atoms with Gasteiger partial charge in [-0.1, -0.05) is 24.4 Å². The van der Waals surface area contributed by atoms with Gasteiger partial charge in [-0.2, -0.15) is 4.72 Å². The molecule has 1 rings (SSSR count). The molecule has 1 unspecified atom stereocenters. The highest BCUT2D eigenvalue weighted by molar-refractivity contribution is 7.89. The third-order valence-electron chi connectivity index (χ3n) is 2.59. The fraction of sp³-hybridized carbons (Fsp3) is 0.333. The van der Waals surface area contributed by atoms with E-state index in [0.717, 1.165) is 0 Å². The van der Waals surface area contributed by atoms with Crippen molar-refractivity contribution in [2.75, 3.05) is 14.1 Å². The molecule has 0 saturated carbocycles. The molecule has 0 spiro atoms. The van der Waals surface area contributed by atoms with Gasteiger partial charge in [0.1, 0.15) is 4.99 Å².